The molecule has 1 aromatic heterocycles. The van der Waals surface area contributed by atoms with E-state index in [1.54, 1.807) is 6.20 Å². The van der Waals surface area contributed by atoms with Gasteiger partial charge in [0.2, 0.25) is 5.91 Å². The van der Waals surface area contributed by atoms with Gasteiger partial charge in [-0.3, -0.25) is 4.79 Å². The van der Waals surface area contributed by atoms with Crippen LogP contribution < -0.4 is 10.2 Å². The predicted octanol–water partition coefficient (Wildman–Crippen LogP) is 1.55. The first kappa shape index (κ1) is 14.1. The number of hydrogen-bond donors (Lipinski definition) is 1. The average molecular weight is 280 g/mol. The summed E-state index contributed by atoms with van der Waals surface area (Å²) < 4.78 is 0. The molecule has 2 rings (SSSR count). The highest BCUT2D eigenvalue weighted by atomic mass is 32.2. The van der Waals surface area contributed by atoms with E-state index in [2.05, 4.69) is 20.2 Å². The van der Waals surface area contributed by atoms with Gasteiger partial charge in [0.15, 0.2) is 5.16 Å². The molecular weight excluding hydrogens is 260 g/mol. The molecule has 0 aliphatic carbocycles. The van der Waals surface area contributed by atoms with E-state index < -0.39 is 0 Å². The van der Waals surface area contributed by atoms with Crippen LogP contribution in [-0.2, 0) is 4.79 Å². The molecule has 0 aromatic carbocycles. The van der Waals surface area contributed by atoms with Crippen molar-refractivity contribution in [2.24, 2.45) is 5.41 Å². The van der Waals surface area contributed by atoms with Gasteiger partial charge in [0.05, 0.1) is 6.04 Å². The minimum absolute atomic E-state index is 0.102. The first-order valence-corrected chi connectivity index (χ1v) is 7.55. The van der Waals surface area contributed by atoms with E-state index in [4.69, 9.17) is 0 Å². The van der Waals surface area contributed by atoms with E-state index in [-0.39, 0.29) is 17.4 Å². The molecule has 19 heavy (non-hydrogen) atoms. The summed E-state index contributed by atoms with van der Waals surface area (Å²) in [4.78, 5) is 22.6. The van der Waals surface area contributed by atoms with Crippen molar-refractivity contribution in [1.82, 2.24) is 15.3 Å². The Labute approximate surface area is 118 Å². The smallest absolute Gasteiger partial charge is 0.225 e. The molecule has 1 amide bonds. The Bertz CT molecular complexity index is 466. The Kier molecular flexibility index (Phi) is 3.99. The van der Waals surface area contributed by atoms with E-state index in [9.17, 15) is 4.79 Å². The molecule has 1 aromatic rings. The van der Waals surface area contributed by atoms with Gasteiger partial charge in [-0.15, -0.1) is 0 Å². The second-order valence-electron chi connectivity index (χ2n) is 5.73. The van der Waals surface area contributed by atoms with Crippen LogP contribution in [-0.4, -0.2) is 41.3 Å². The Morgan fingerprint density at radius 3 is 2.74 bits per heavy atom. The first-order chi connectivity index (χ1) is 8.90. The van der Waals surface area contributed by atoms with Crippen molar-refractivity contribution in [3.05, 3.63) is 12.3 Å². The van der Waals surface area contributed by atoms with Crippen molar-refractivity contribution in [3.8, 4) is 0 Å². The molecule has 104 valence electrons. The molecular formula is C13H20N4OS. The lowest BCUT2D eigenvalue weighted by Crippen LogP contribution is -2.61. The van der Waals surface area contributed by atoms with E-state index >= 15 is 0 Å². The second kappa shape index (κ2) is 5.36. The van der Waals surface area contributed by atoms with Crippen LogP contribution in [0.25, 0.3) is 0 Å². The van der Waals surface area contributed by atoms with Crippen LogP contribution in [0.2, 0.25) is 0 Å². The van der Waals surface area contributed by atoms with Gasteiger partial charge in [-0.2, -0.15) is 0 Å². The zero-order valence-electron chi connectivity index (χ0n) is 11.8. The number of thioether (sulfide) groups is 1. The van der Waals surface area contributed by atoms with Gasteiger partial charge < -0.3 is 10.2 Å². The summed E-state index contributed by atoms with van der Waals surface area (Å²) in [5, 5.41) is 3.83. The molecule has 6 heteroatoms. The van der Waals surface area contributed by atoms with E-state index in [0.717, 1.165) is 24.1 Å². The summed E-state index contributed by atoms with van der Waals surface area (Å²) in [6.45, 7) is 7.40. The maximum atomic E-state index is 11.9. The van der Waals surface area contributed by atoms with Crippen LogP contribution >= 0.6 is 11.8 Å². The first-order valence-electron chi connectivity index (χ1n) is 6.33. The van der Waals surface area contributed by atoms with Crippen LogP contribution in [0.15, 0.2) is 17.4 Å². The van der Waals surface area contributed by atoms with Gasteiger partial charge in [-0.1, -0.05) is 32.5 Å². The molecule has 0 saturated carbocycles. The Balaban J connectivity index is 1.87. The molecule has 1 saturated heterocycles. The van der Waals surface area contributed by atoms with Crippen molar-refractivity contribution >= 4 is 23.5 Å². The fourth-order valence-corrected chi connectivity index (χ4v) is 2.12. The monoisotopic (exact) mass is 280 g/mol. The van der Waals surface area contributed by atoms with Crippen LogP contribution in [0, 0.1) is 5.41 Å². The van der Waals surface area contributed by atoms with Crippen LogP contribution in [0.1, 0.15) is 20.8 Å². The third-order valence-electron chi connectivity index (χ3n) is 3.02. The highest BCUT2D eigenvalue weighted by molar-refractivity contribution is 7.98. The minimum Gasteiger partial charge on any atom is -0.352 e. The molecule has 0 radical (unpaired) electrons. The van der Waals surface area contributed by atoms with Crippen molar-refractivity contribution in [2.45, 2.75) is 32.0 Å². The fourth-order valence-electron chi connectivity index (χ4n) is 1.77. The Hall–Kier alpha value is -1.30. The summed E-state index contributed by atoms with van der Waals surface area (Å²) in [5.41, 5.74) is -0.332. The summed E-state index contributed by atoms with van der Waals surface area (Å²) in [5.74, 6) is 1.03. The normalized spacial score (nSPS) is 16.1. The zero-order valence-corrected chi connectivity index (χ0v) is 12.6. The Morgan fingerprint density at radius 2 is 2.16 bits per heavy atom. The van der Waals surface area contributed by atoms with Gasteiger partial charge in [0.25, 0.3) is 0 Å². The molecule has 5 nitrogen and oxygen atoms in total. The third kappa shape index (κ3) is 3.37. The summed E-state index contributed by atoms with van der Waals surface area (Å²) in [7, 11) is 0. The third-order valence-corrected chi connectivity index (χ3v) is 3.59. The van der Waals surface area contributed by atoms with E-state index in [0.29, 0.717) is 0 Å². The number of nitrogens with one attached hydrogen (secondary N) is 1. The van der Waals surface area contributed by atoms with Crippen molar-refractivity contribution in [3.63, 3.8) is 0 Å². The second-order valence-corrected chi connectivity index (χ2v) is 6.50. The largest absolute Gasteiger partial charge is 0.352 e. The lowest BCUT2D eigenvalue weighted by atomic mass is 9.94. The number of anilines is 1. The van der Waals surface area contributed by atoms with Crippen molar-refractivity contribution in [1.29, 1.82) is 0 Å². The molecule has 0 bridgehead atoms. The summed E-state index contributed by atoms with van der Waals surface area (Å²) in [6, 6.07) is 2.13. The minimum atomic E-state index is -0.332. The maximum absolute atomic E-state index is 11.9. The molecule has 1 N–H and O–H groups in total. The number of rotatable bonds is 3. The number of hydrogen-bond acceptors (Lipinski definition) is 5. The van der Waals surface area contributed by atoms with Gasteiger partial charge in [0, 0.05) is 24.7 Å². The van der Waals surface area contributed by atoms with Crippen molar-refractivity contribution in [2.75, 3.05) is 24.2 Å². The van der Waals surface area contributed by atoms with Gasteiger partial charge in [-0.25, -0.2) is 9.97 Å². The molecule has 1 aliphatic rings. The SMILES string of the molecule is CSc1nccc(N2CC(NC(=O)C(C)(C)C)C2)n1. The number of carbonyl (C=O) groups is 1. The standard InChI is InChI=1S/C13H20N4OS/c1-13(2,3)11(18)15-9-7-17(8-9)10-5-6-14-12(16-10)19-4/h5-6,9H,7-8H2,1-4H3,(H,15,18). The van der Waals surface area contributed by atoms with E-state index in [1.165, 1.54) is 11.8 Å². The molecule has 0 unspecified atom stereocenters. The molecule has 0 atom stereocenters. The number of aromatic nitrogens is 2. The molecule has 0 spiro atoms. The van der Waals surface area contributed by atoms with Crippen LogP contribution in [0.3, 0.4) is 0 Å². The highest BCUT2D eigenvalue weighted by Gasteiger charge is 2.32. The van der Waals surface area contributed by atoms with Crippen LogP contribution in [0.4, 0.5) is 5.82 Å². The molecule has 1 aliphatic heterocycles. The average Bonchev–Trinajstić information content (AvgIpc) is 2.31. The van der Waals surface area contributed by atoms with Crippen molar-refractivity contribution < 1.29 is 4.79 Å². The highest BCUT2D eigenvalue weighted by Crippen LogP contribution is 2.21. The quantitative estimate of drug-likeness (QED) is 0.672. The zero-order chi connectivity index (χ0) is 14.0. The molecule has 1 fully saturated rings. The summed E-state index contributed by atoms with van der Waals surface area (Å²) >= 11 is 1.53. The van der Waals surface area contributed by atoms with Gasteiger partial charge in [-0.05, 0) is 12.3 Å². The Morgan fingerprint density at radius 1 is 1.47 bits per heavy atom. The maximum Gasteiger partial charge on any atom is 0.225 e. The topological polar surface area (TPSA) is 58.1 Å². The van der Waals surface area contributed by atoms with Crippen LogP contribution in [0.5, 0.6) is 0 Å². The lowest BCUT2D eigenvalue weighted by molar-refractivity contribution is -0.129. The predicted molar refractivity (Wildman–Crippen MR) is 77.4 cm³/mol. The van der Waals surface area contributed by atoms with E-state index in [1.807, 2.05) is 33.1 Å². The van der Waals surface area contributed by atoms with Gasteiger partial charge >= 0.3 is 0 Å². The number of nitrogens with zero attached hydrogens (tertiary/aromatic N) is 3. The van der Waals surface area contributed by atoms with Gasteiger partial charge in [0.1, 0.15) is 5.82 Å². The number of carbonyl (C=O) groups excluding carboxylic acids is 1. The lowest BCUT2D eigenvalue weighted by Gasteiger charge is -2.41. The fraction of sp³-hybridized carbons (Fsp3) is 0.615. The summed E-state index contributed by atoms with van der Waals surface area (Å²) in [6.07, 6.45) is 3.73. The molecule has 2 heterocycles. The number of amides is 1.